The first-order chi connectivity index (χ1) is 9.76. The van der Waals surface area contributed by atoms with Gasteiger partial charge in [-0.1, -0.05) is 57.6 Å². The molecule has 0 aliphatic rings. The van der Waals surface area contributed by atoms with E-state index >= 15 is 0 Å². The first-order valence-electron chi connectivity index (χ1n) is 7.62. The highest BCUT2D eigenvalue weighted by atomic mass is 35.5. The van der Waals surface area contributed by atoms with Crippen molar-refractivity contribution in [1.29, 1.82) is 0 Å². The third-order valence-electron chi connectivity index (χ3n) is 3.33. The van der Waals surface area contributed by atoms with Gasteiger partial charge in [0.25, 0.3) is 0 Å². The van der Waals surface area contributed by atoms with Gasteiger partial charge in [0.1, 0.15) is 11.6 Å². The number of carbonyl (C=O) groups is 1. The molecule has 0 atom stereocenters. The molecule has 0 aliphatic heterocycles. The number of rotatable bonds is 10. The van der Waals surface area contributed by atoms with Crippen LogP contribution in [0.25, 0.3) is 0 Å². The van der Waals surface area contributed by atoms with Crippen molar-refractivity contribution in [3.63, 3.8) is 0 Å². The fourth-order valence-corrected chi connectivity index (χ4v) is 2.22. The molecule has 0 saturated heterocycles. The summed E-state index contributed by atoms with van der Waals surface area (Å²) in [4.78, 5) is 11.0. The van der Waals surface area contributed by atoms with Gasteiger partial charge in [-0.05, 0) is 30.5 Å². The number of ether oxygens (including phenoxy) is 1. The van der Waals surface area contributed by atoms with Crippen LogP contribution in [0, 0.1) is 0 Å². The molecule has 0 radical (unpaired) electrons. The Hall–Kier alpha value is -1.02. The van der Waals surface area contributed by atoms with Crippen molar-refractivity contribution in [2.75, 3.05) is 5.88 Å². The average molecular weight is 297 g/mol. The Morgan fingerprint density at radius 3 is 2.20 bits per heavy atom. The highest BCUT2D eigenvalue weighted by Gasteiger charge is 2.02. The number of esters is 1. The molecule has 3 heteroatoms. The summed E-state index contributed by atoms with van der Waals surface area (Å²) in [7, 11) is 0. The van der Waals surface area contributed by atoms with E-state index < -0.39 is 5.97 Å². The minimum atomic E-state index is -0.411. The normalized spacial score (nSPS) is 10.5. The van der Waals surface area contributed by atoms with Gasteiger partial charge in [-0.2, -0.15) is 0 Å². The lowest BCUT2D eigenvalue weighted by molar-refractivity contribution is -0.131. The molecule has 0 N–H and O–H groups in total. The van der Waals surface area contributed by atoms with E-state index in [1.54, 1.807) is 0 Å². The maximum Gasteiger partial charge on any atom is 0.326 e. The van der Waals surface area contributed by atoms with Gasteiger partial charge in [-0.15, -0.1) is 11.6 Å². The third kappa shape index (κ3) is 7.54. The summed E-state index contributed by atoms with van der Waals surface area (Å²) in [5.41, 5.74) is 1.30. The van der Waals surface area contributed by atoms with Crippen molar-refractivity contribution < 1.29 is 9.53 Å². The number of aryl methyl sites for hydroxylation is 1. The SMILES string of the molecule is CCCCCCCCCc1ccc(OC(=O)CCl)cc1. The van der Waals surface area contributed by atoms with Gasteiger partial charge in [0.15, 0.2) is 0 Å². The van der Waals surface area contributed by atoms with Crippen LogP contribution in [0.15, 0.2) is 24.3 Å². The molecular weight excluding hydrogens is 272 g/mol. The van der Waals surface area contributed by atoms with Gasteiger partial charge >= 0.3 is 5.97 Å². The predicted molar refractivity (Wildman–Crippen MR) is 84.5 cm³/mol. The Morgan fingerprint density at radius 2 is 1.60 bits per heavy atom. The van der Waals surface area contributed by atoms with Crippen LogP contribution in [0.4, 0.5) is 0 Å². The summed E-state index contributed by atoms with van der Waals surface area (Å²) < 4.78 is 5.03. The van der Waals surface area contributed by atoms with Gasteiger partial charge in [0.2, 0.25) is 0 Å². The summed E-state index contributed by atoms with van der Waals surface area (Å²) in [5, 5.41) is 0. The molecule has 0 spiro atoms. The topological polar surface area (TPSA) is 26.3 Å². The fourth-order valence-electron chi connectivity index (χ4n) is 2.17. The monoisotopic (exact) mass is 296 g/mol. The van der Waals surface area contributed by atoms with E-state index in [1.165, 1.54) is 50.5 Å². The summed E-state index contributed by atoms with van der Waals surface area (Å²) >= 11 is 5.39. The van der Waals surface area contributed by atoms with E-state index in [9.17, 15) is 4.79 Å². The molecule has 0 amide bonds. The van der Waals surface area contributed by atoms with Crippen LogP contribution in [-0.4, -0.2) is 11.8 Å². The first-order valence-corrected chi connectivity index (χ1v) is 8.15. The van der Waals surface area contributed by atoms with Crippen molar-refractivity contribution in [1.82, 2.24) is 0 Å². The van der Waals surface area contributed by atoms with Crippen LogP contribution in [0.1, 0.15) is 57.4 Å². The minimum absolute atomic E-state index is 0.111. The molecule has 1 aromatic carbocycles. The largest absolute Gasteiger partial charge is 0.426 e. The Kier molecular flexibility index (Phi) is 9.14. The fraction of sp³-hybridized carbons (Fsp3) is 0.588. The van der Waals surface area contributed by atoms with E-state index in [4.69, 9.17) is 16.3 Å². The molecule has 2 nitrogen and oxygen atoms in total. The zero-order valence-corrected chi connectivity index (χ0v) is 13.1. The summed E-state index contributed by atoms with van der Waals surface area (Å²) in [6.45, 7) is 2.24. The average Bonchev–Trinajstić information content (AvgIpc) is 2.48. The molecule has 0 bridgehead atoms. The molecule has 1 aromatic rings. The van der Waals surface area contributed by atoms with E-state index in [0.717, 1.165) is 6.42 Å². The highest BCUT2D eigenvalue weighted by molar-refractivity contribution is 6.26. The summed E-state index contributed by atoms with van der Waals surface area (Å²) in [5.74, 6) is 0.0465. The zero-order chi connectivity index (χ0) is 14.6. The first kappa shape index (κ1) is 17.0. The minimum Gasteiger partial charge on any atom is -0.426 e. The maximum absolute atomic E-state index is 11.0. The number of halogens is 1. The summed E-state index contributed by atoms with van der Waals surface area (Å²) in [6.07, 6.45) is 10.4. The quantitative estimate of drug-likeness (QED) is 0.259. The molecular formula is C17H25ClO2. The van der Waals surface area contributed by atoms with Crippen LogP contribution in [0.2, 0.25) is 0 Å². The molecule has 0 heterocycles. The standard InChI is InChI=1S/C17H25ClO2/c1-2-3-4-5-6-7-8-9-15-10-12-16(13-11-15)20-17(19)14-18/h10-13H,2-9,14H2,1H3. The molecule has 0 fully saturated rings. The highest BCUT2D eigenvalue weighted by Crippen LogP contribution is 2.15. The van der Waals surface area contributed by atoms with Crippen LogP contribution in [0.3, 0.4) is 0 Å². The molecule has 0 saturated carbocycles. The Balaban J connectivity index is 2.16. The maximum atomic E-state index is 11.0. The van der Waals surface area contributed by atoms with Gasteiger partial charge < -0.3 is 4.74 Å². The van der Waals surface area contributed by atoms with E-state index in [1.807, 2.05) is 24.3 Å². The van der Waals surface area contributed by atoms with E-state index in [-0.39, 0.29) is 5.88 Å². The van der Waals surface area contributed by atoms with E-state index in [2.05, 4.69) is 6.92 Å². The molecule has 1 rings (SSSR count). The van der Waals surface area contributed by atoms with Crippen LogP contribution in [0.5, 0.6) is 5.75 Å². The van der Waals surface area contributed by atoms with Crippen molar-refractivity contribution in [3.8, 4) is 5.75 Å². The van der Waals surface area contributed by atoms with Crippen LogP contribution in [-0.2, 0) is 11.2 Å². The van der Waals surface area contributed by atoms with Crippen molar-refractivity contribution in [2.24, 2.45) is 0 Å². The molecule has 0 aliphatic carbocycles. The van der Waals surface area contributed by atoms with E-state index in [0.29, 0.717) is 5.75 Å². The van der Waals surface area contributed by atoms with Crippen molar-refractivity contribution in [2.45, 2.75) is 58.3 Å². The lowest BCUT2D eigenvalue weighted by Crippen LogP contribution is -2.08. The number of alkyl halides is 1. The van der Waals surface area contributed by atoms with Crippen LogP contribution >= 0.6 is 11.6 Å². The van der Waals surface area contributed by atoms with Gasteiger partial charge in [-0.25, -0.2) is 0 Å². The number of hydrogen-bond donors (Lipinski definition) is 0. The number of benzene rings is 1. The second-order valence-electron chi connectivity index (χ2n) is 5.12. The molecule has 0 aromatic heterocycles. The number of hydrogen-bond acceptors (Lipinski definition) is 2. The second-order valence-corrected chi connectivity index (χ2v) is 5.39. The van der Waals surface area contributed by atoms with Crippen molar-refractivity contribution in [3.05, 3.63) is 29.8 Å². The van der Waals surface area contributed by atoms with Gasteiger partial charge in [0.05, 0.1) is 0 Å². The zero-order valence-electron chi connectivity index (χ0n) is 12.4. The Morgan fingerprint density at radius 1 is 1.00 bits per heavy atom. The Bertz CT molecular complexity index is 373. The number of carbonyl (C=O) groups excluding carboxylic acids is 1. The smallest absolute Gasteiger partial charge is 0.326 e. The Labute approximate surface area is 127 Å². The molecule has 0 unspecified atom stereocenters. The second kappa shape index (κ2) is 10.7. The summed E-state index contributed by atoms with van der Waals surface area (Å²) in [6, 6.07) is 7.71. The third-order valence-corrected chi connectivity index (χ3v) is 3.55. The molecule has 20 heavy (non-hydrogen) atoms. The van der Waals surface area contributed by atoms with Gasteiger partial charge in [-0.3, -0.25) is 4.79 Å². The van der Waals surface area contributed by atoms with Gasteiger partial charge in [0, 0.05) is 0 Å². The lowest BCUT2D eigenvalue weighted by atomic mass is 10.0. The van der Waals surface area contributed by atoms with Crippen molar-refractivity contribution >= 4 is 17.6 Å². The number of unbranched alkanes of at least 4 members (excludes halogenated alkanes) is 6. The van der Waals surface area contributed by atoms with Crippen LogP contribution < -0.4 is 4.74 Å². The lowest BCUT2D eigenvalue weighted by Gasteiger charge is -2.05. The predicted octanol–water partition coefficient (Wildman–Crippen LogP) is 5.12. The molecule has 112 valence electrons.